The summed E-state index contributed by atoms with van der Waals surface area (Å²) in [4.78, 5) is 15.8. The van der Waals surface area contributed by atoms with Gasteiger partial charge in [-0.15, -0.1) is 0 Å². The zero-order chi connectivity index (χ0) is 20.7. The van der Waals surface area contributed by atoms with E-state index < -0.39 is 12.7 Å². The molecule has 1 aliphatic carbocycles. The summed E-state index contributed by atoms with van der Waals surface area (Å²) in [5, 5.41) is 3.73. The van der Waals surface area contributed by atoms with Gasteiger partial charge in [-0.2, -0.15) is 13.2 Å². The number of aromatic nitrogens is 1. The van der Waals surface area contributed by atoms with Crippen molar-refractivity contribution >= 4 is 17.3 Å². The molecule has 8 heteroatoms. The van der Waals surface area contributed by atoms with Crippen LogP contribution < -0.4 is 10.1 Å². The molecule has 2 aliphatic rings. The molecule has 0 radical (unpaired) electrons. The highest BCUT2D eigenvalue weighted by Gasteiger charge is 2.32. The first-order chi connectivity index (χ1) is 13.9. The van der Waals surface area contributed by atoms with E-state index in [9.17, 15) is 18.0 Å². The fourth-order valence-corrected chi connectivity index (χ4v) is 3.45. The number of fused-ring (bicyclic) bond motifs is 1. The van der Waals surface area contributed by atoms with Crippen molar-refractivity contribution in [1.82, 2.24) is 15.2 Å². The number of benzene rings is 1. The molecule has 0 spiro atoms. The van der Waals surface area contributed by atoms with Crippen molar-refractivity contribution in [2.45, 2.75) is 50.4 Å². The number of pyridine rings is 1. The lowest BCUT2D eigenvalue weighted by atomic mass is 9.96. The Labute approximate surface area is 168 Å². The average molecular weight is 409 g/mol. The van der Waals surface area contributed by atoms with Gasteiger partial charge in [-0.05, 0) is 44.2 Å². The van der Waals surface area contributed by atoms with Crippen molar-refractivity contribution < 1.29 is 22.7 Å². The van der Waals surface area contributed by atoms with Gasteiger partial charge >= 0.3 is 6.18 Å². The zero-order valence-electron chi connectivity index (χ0n) is 16.2. The van der Waals surface area contributed by atoms with Crippen LogP contribution in [0.3, 0.4) is 0 Å². The number of ether oxygens (including phenoxy) is 1. The van der Waals surface area contributed by atoms with Crippen LogP contribution in [0.1, 0.15) is 32.1 Å². The third-order valence-corrected chi connectivity index (χ3v) is 5.24. The van der Waals surface area contributed by atoms with Gasteiger partial charge in [0.05, 0.1) is 12.6 Å². The normalized spacial score (nSPS) is 18.4. The van der Waals surface area contributed by atoms with Gasteiger partial charge in [-0.1, -0.05) is 18.2 Å². The molecular formula is C21H26F3N3O2. The van der Waals surface area contributed by atoms with Gasteiger partial charge in [0.1, 0.15) is 11.3 Å². The third-order valence-electron chi connectivity index (χ3n) is 5.24. The molecule has 0 atom stereocenters. The number of likely N-dealkylation sites (tertiary alicyclic amines) is 1. The smallest absolute Gasteiger partial charge is 0.401 e. The molecular weight excluding hydrogens is 383 g/mol. The summed E-state index contributed by atoms with van der Waals surface area (Å²) >= 11 is 0. The van der Waals surface area contributed by atoms with E-state index in [0.717, 1.165) is 16.7 Å². The van der Waals surface area contributed by atoms with E-state index in [1.54, 1.807) is 0 Å². The maximum absolute atomic E-state index is 12.0. The fraction of sp³-hybridized carbons (Fsp3) is 0.524. The minimum atomic E-state index is -4.12. The lowest BCUT2D eigenvalue weighted by Crippen LogP contribution is -2.45. The molecule has 4 rings (SSSR count). The number of amides is 1. The van der Waals surface area contributed by atoms with Gasteiger partial charge in [0.15, 0.2) is 0 Å². The summed E-state index contributed by atoms with van der Waals surface area (Å²) in [7, 11) is 0. The quantitative estimate of drug-likeness (QED) is 0.761. The lowest BCUT2D eigenvalue weighted by Gasteiger charge is -2.31. The Morgan fingerprint density at radius 1 is 1.14 bits per heavy atom. The third kappa shape index (κ3) is 6.59. The second-order valence-corrected chi connectivity index (χ2v) is 7.45. The highest BCUT2D eigenvalue weighted by atomic mass is 19.4. The molecule has 1 saturated heterocycles. The fourth-order valence-electron chi connectivity index (χ4n) is 3.45. The minimum absolute atomic E-state index is 0.0389. The van der Waals surface area contributed by atoms with Crippen molar-refractivity contribution in [1.29, 1.82) is 0 Å². The first-order valence-electron chi connectivity index (χ1n) is 9.94. The van der Waals surface area contributed by atoms with Crippen LogP contribution in [0.2, 0.25) is 0 Å². The molecule has 0 unspecified atom stereocenters. The predicted octanol–water partition coefficient (Wildman–Crippen LogP) is 3.93. The molecule has 1 saturated carbocycles. The summed E-state index contributed by atoms with van der Waals surface area (Å²) < 4.78 is 41.8. The summed E-state index contributed by atoms with van der Waals surface area (Å²) in [6.07, 6.45) is 3.56. The number of nitrogens with one attached hydrogen (secondary N) is 1. The molecule has 1 aromatic heterocycles. The largest absolute Gasteiger partial charge is 0.488 e. The molecule has 2 fully saturated rings. The van der Waals surface area contributed by atoms with Crippen LogP contribution in [-0.4, -0.2) is 54.3 Å². The number of nitrogens with zero attached hydrogens (tertiary/aromatic N) is 2. The Bertz CT molecular complexity index is 783. The van der Waals surface area contributed by atoms with Crippen molar-refractivity contribution in [2.24, 2.45) is 0 Å². The highest BCUT2D eigenvalue weighted by Crippen LogP contribution is 2.29. The maximum Gasteiger partial charge on any atom is 0.401 e. The Hall–Kier alpha value is -2.35. The van der Waals surface area contributed by atoms with Crippen LogP contribution in [0.15, 0.2) is 36.5 Å². The molecule has 1 aliphatic heterocycles. The van der Waals surface area contributed by atoms with Gasteiger partial charge in [0, 0.05) is 30.7 Å². The Kier molecular flexibility index (Phi) is 7.30. The number of para-hydroxylation sites is 1. The molecule has 1 N–H and O–H groups in total. The summed E-state index contributed by atoms with van der Waals surface area (Å²) in [6, 6.07) is 10.2. The predicted molar refractivity (Wildman–Crippen MR) is 105 cm³/mol. The van der Waals surface area contributed by atoms with Crippen LogP contribution in [0, 0.1) is 0 Å². The van der Waals surface area contributed by atoms with Gasteiger partial charge in [-0.25, -0.2) is 0 Å². The first-order valence-corrected chi connectivity index (χ1v) is 9.94. The summed E-state index contributed by atoms with van der Waals surface area (Å²) in [6.45, 7) is -0.0587. The Morgan fingerprint density at radius 2 is 1.86 bits per heavy atom. The summed E-state index contributed by atoms with van der Waals surface area (Å²) in [5.41, 5.74) is 0.979. The average Bonchev–Trinajstić information content (AvgIpc) is 2.66. The number of carbonyl (C=O) groups excluding carboxylic acids is 1. The van der Waals surface area contributed by atoms with E-state index in [0.29, 0.717) is 38.4 Å². The van der Waals surface area contributed by atoms with Crippen LogP contribution in [0.5, 0.6) is 5.75 Å². The monoisotopic (exact) mass is 409 g/mol. The van der Waals surface area contributed by atoms with Crippen LogP contribution in [0.25, 0.3) is 10.9 Å². The van der Waals surface area contributed by atoms with Crippen LogP contribution in [0.4, 0.5) is 13.2 Å². The van der Waals surface area contributed by atoms with E-state index in [2.05, 4.69) is 22.4 Å². The second-order valence-electron chi connectivity index (χ2n) is 7.45. The van der Waals surface area contributed by atoms with Crippen LogP contribution >= 0.6 is 0 Å². The number of hydrogen-bond acceptors (Lipinski definition) is 4. The van der Waals surface area contributed by atoms with Crippen molar-refractivity contribution in [3.8, 4) is 5.75 Å². The lowest BCUT2D eigenvalue weighted by molar-refractivity contribution is -0.148. The minimum Gasteiger partial charge on any atom is -0.488 e. The maximum atomic E-state index is 12.0. The molecule has 29 heavy (non-hydrogen) atoms. The molecule has 0 bridgehead atoms. The Balaban J connectivity index is 0.000000166. The number of rotatable bonds is 5. The molecule has 1 aromatic carbocycles. The number of hydrogen-bond donors (Lipinski definition) is 1. The molecule has 2 heterocycles. The molecule has 158 valence electrons. The van der Waals surface area contributed by atoms with Crippen molar-refractivity contribution in [3.63, 3.8) is 0 Å². The van der Waals surface area contributed by atoms with E-state index >= 15 is 0 Å². The van der Waals surface area contributed by atoms with E-state index in [4.69, 9.17) is 4.74 Å². The molecule has 1 amide bonds. The number of piperidine rings is 1. The number of halogens is 3. The topological polar surface area (TPSA) is 54.5 Å². The molecule has 5 nitrogen and oxygen atoms in total. The van der Waals surface area contributed by atoms with E-state index in [-0.39, 0.29) is 6.04 Å². The molecule has 2 aromatic rings. The van der Waals surface area contributed by atoms with Gasteiger partial charge in [-0.3, -0.25) is 14.7 Å². The number of alkyl halides is 3. The van der Waals surface area contributed by atoms with Crippen LogP contribution in [-0.2, 0) is 4.79 Å². The van der Waals surface area contributed by atoms with Gasteiger partial charge in [0.25, 0.3) is 0 Å². The van der Waals surface area contributed by atoms with Crippen molar-refractivity contribution in [2.75, 3.05) is 19.6 Å². The van der Waals surface area contributed by atoms with E-state index in [1.807, 2.05) is 24.4 Å². The highest BCUT2D eigenvalue weighted by molar-refractivity contribution is 5.84. The Morgan fingerprint density at radius 3 is 2.48 bits per heavy atom. The van der Waals surface area contributed by atoms with Gasteiger partial charge in [0.2, 0.25) is 6.41 Å². The van der Waals surface area contributed by atoms with E-state index in [1.165, 1.54) is 24.2 Å². The second kappa shape index (κ2) is 9.91. The standard InChI is InChI=1S/C13H13NO.C8H13F3N2O/c1-4-10-5-3-9-14-13(10)12(8-1)15-11-6-2-7-11;9-8(10,11)5-13-3-1-7(2-4-13)12-6-14/h1,3-5,8-9,11H,2,6-7H2;6-7H,1-5H2,(H,12,14). The zero-order valence-corrected chi connectivity index (χ0v) is 16.2. The SMILES string of the molecule is O=CNC1CCN(CC(F)(F)F)CC1.c1cnc2c(OC3CCC3)cccc2c1. The number of carbonyl (C=O) groups is 1. The first kappa shape index (κ1) is 21.4. The van der Waals surface area contributed by atoms with Gasteiger partial charge < -0.3 is 10.1 Å². The van der Waals surface area contributed by atoms with Crippen molar-refractivity contribution in [3.05, 3.63) is 36.5 Å². The summed E-state index contributed by atoms with van der Waals surface area (Å²) in [5.74, 6) is 0.929.